The molecule has 2 rings (SSSR count). The van der Waals surface area contributed by atoms with Crippen molar-refractivity contribution >= 4 is 5.91 Å². The number of carbonyl (C=O) groups excluding carboxylic acids is 1. The number of nitrogens with one attached hydrogen (secondary N) is 1. The Morgan fingerprint density at radius 3 is 2.39 bits per heavy atom. The Kier molecular flexibility index (Phi) is 7.99. The lowest BCUT2D eigenvalue weighted by molar-refractivity contribution is 0.0939. The van der Waals surface area contributed by atoms with Gasteiger partial charge in [0, 0.05) is 17.2 Å². The van der Waals surface area contributed by atoms with Crippen LogP contribution in [0.4, 0.5) is 0 Å². The van der Waals surface area contributed by atoms with E-state index in [1.807, 2.05) is 32.9 Å². The third kappa shape index (κ3) is 5.31. The van der Waals surface area contributed by atoms with Gasteiger partial charge in [0.25, 0.3) is 5.91 Å². The summed E-state index contributed by atoms with van der Waals surface area (Å²) in [5.74, 6) is 2.37. The van der Waals surface area contributed by atoms with Crippen LogP contribution in [0, 0.1) is 0 Å². The molecule has 0 saturated carbocycles. The molecular formula is C22H29NO5. The van der Waals surface area contributed by atoms with Gasteiger partial charge in [-0.15, -0.1) is 0 Å². The van der Waals surface area contributed by atoms with Crippen LogP contribution in [0.1, 0.15) is 49.2 Å². The molecule has 1 unspecified atom stereocenters. The first-order valence-electron chi connectivity index (χ1n) is 9.46. The Morgan fingerprint density at radius 1 is 0.964 bits per heavy atom. The van der Waals surface area contributed by atoms with E-state index in [4.69, 9.17) is 18.9 Å². The summed E-state index contributed by atoms with van der Waals surface area (Å²) < 4.78 is 22.0. The number of rotatable bonds is 10. The molecule has 0 aliphatic heterocycles. The van der Waals surface area contributed by atoms with Crippen molar-refractivity contribution in [3.8, 4) is 23.0 Å². The van der Waals surface area contributed by atoms with Crippen molar-refractivity contribution < 1.29 is 23.7 Å². The normalized spacial score (nSPS) is 11.5. The molecule has 1 amide bonds. The summed E-state index contributed by atoms with van der Waals surface area (Å²) >= 11 is 0. The number of carbonyl (C=O) groups is 1. The number of ether oxygens (including phenoxy) is 4. The maximum Gasteiger partial charge on any atom is 0.251 e. The van der Waals surface area contributed by atoms with Crippen molar-refractivity contribution in [3.63, 3.8) is 0 Å². The van der Waals surface area contributed by atoms with Gasteiger partial charge in [0.2, 0.25) is 0 Å². The third-order valence-corrected chi connectivity index (χ3v) is 4.22. The lowest BCUT2D eigenvalue weighted by atomic mass is 10.1. The number of hydrogen-bond acceptors (Lipinski definition) is 5. The summed E-state index contributed by atoms with van der Waals surface area (Å²) in [6.07, 6.45) is 0.898. The highest BCUT2D eigenvalue weighted by atomic mass is 16.5. The molecule has 0 radical (unpaired) electrons. The molecule has 1 N–H and O–H groups in total. The second-order valence-electron chi connectivity index (χ2n) is 6.25. The Labute approximate surface area is 166 Å². The topological polar surface area (TPSA) is 66.0 Å². The van der Waals surface area contributed by atoms with E-state index in [-0.39, 0.29) is 11.9 Å². The van der Waals surface area contributed by atoms with Crippen LogP contribution in [-0.4, -0.2) is 33.3 Å². The van der Waals surface area contributed by atoms with Crippen LogP contribution in [0.15, 0.2) is 36.4 Å². The van der Waals surface area contributed by atoms with E-state index in [0.29, 0.717) is 41.8 Å². The highest BCUT2D eigenvalue weighted by Crippen LogP contribution is 2.31. The van der Waals surface area contributed by atoms with Crippen LogP contribution < -0.4 is 24.3 Å². The standard InChI is InChI=1S/C22H29NO5/c1-6-12-28-19-11-8-16(13-21(19)27-7-2)22(24)23-15(3)18-10-9-17(25-4)14-20(18)26-5/h8-11,13-15H,6-7,12H2,1-5H3,(H,23,24). The summed E-state index contributed by atoms with van der Waals surface area (Å²) in [6, 6.07) is 10.5. The van der Waals surface area contributed by atoms with Crippen LogP contribution in [0.25, 0.3) is 0 Å². The average molecular weight is 387 g/mol. The molecule has 6 heteroatoms. The molecule has 2 aromatic rings. The predicted octanol–water partition coefficient (Wildman–Crippen LogP) is 4.38. The third-order valence-electron chi connectivity index (χ3n) is 4.22. The van der Waals surface area contributed by atoms with E-state index in [0.717, 1.165) is 12.0 Å². The van der Waals surface area contributed by atoms with E-state index >= 15 is 0 Å². The zero-order chi connectivity index (χ0) is 20.5. The van der Waals surface area contributed by atoms with E-state index in [1.54, 1.807) is 38.5 Å². The molecule has 152 valence electrons. The molecule has 0 aromatic heterocycles. The van der Waals surface area contributed by atoms with Gasteiger partial charge < -0.3 is 24.3 Å². The quantitative estimate of drug-likeness (QED) is 0.655. The zero-order valence-corrected chi connectivity index (χ0v) is 17.2. The zero-order valence-electron chi connectivity index (χ0n) is 17.2. The first kappa shape index (κ1) is 21.4. The van der Waals surface area contributed by atoms with Crippen molar-refractivity contribution in [2.75, 3.05) is 27.4 Å². The molecule has 0 bridgehead atoms. The largest absolute Gasteiger partial charge is 0.497 e. The summed E-state index contributed by atoms with van der Waals surface area (Å²) in [6.45, 7) is 6.93. The van der Waals surface area contributed by atoms with Gasteiger partial charge in [0.1, 0.15) is 11.5 Å². The van der Waals surface area contributed by atoms with E-state index in [1.165, 1.54) is 0 Å². The molecule has 0 spiro atoms. The van der Waals surface area contributed by atoms with Gasteiger partial charge in [-0.1, -0.05) is 6.92 Å². The Morgan fingerprint density at radius 2 is 1.75 bits per heavy atom. The molecule has 0 fully saturated rings. The fourth-order valence-corrected chi connectivity index (χ4v) is 2.78. The Balaban J connectivity index is 2.18. The molecule has 6 nitrogen and oxygen atoms in total. The lowest BCUT2D eigenvalue weighted by Crippen LogP contribution is -2.27. The molecule has 0 aliphatic carbocycles. The molecule has 0 heterocycles. The van der Waals surface area contributed by atoms with E-state index in [9.17, 15) is 4.79 Å². The summed E-state index contributed by atoms with van der Waals surface area (Å²) in [5.41, 5.74) is 1.37. The maximum absolute atomic E-state index is 12.8. The number of benzene rings is 2. The number of methoxy groups -OCH3 is 2. The number of hydrogen-bond donors (Lipinski definition) is 1. The monoisotopic (exact) mass is 387 g/mol. The minimum Gasteiger partial charge on any atom is -0.497 e. The SMILES string of the molecule is CCCOc1ccc(C(=O)NC(C)c2ccc(OC)cc2OC)cc1OCC. The van der Waals surface area contributed by atoms with Crippen molar-refractivity contribution in [2.24, 2.45) is 0 Å². The van der Waals surface area contributed by atoms with Crippen molar-refractivity contribution in [2.45, 2.75) is 33.2 Å². The highest BCUT2D eigenvalue weighted by molar-refractivity contribution is 5.95. The van der Waals surface area contributed by atoms with Gasteiger partial charge in [-0.2, -0.15) is 0 Å². The van der Waals surface area contributed by atoms with Gasteiger partial charge >= 0.3 is 0 Å². The fourth-order valence-electron chi connectivity index (χ4n) is 2.78. The van der Waals surface area contributed by atoms with Gasteiger partial charge in [-0.05, 0) is 50.6 Å². The molecule has 0 saturated heterocycles. The fraction of sp³-hybridized carbons (Fsp3) is 0.409. The molecule has 1 atom stereocenters. The van der Waals surface area contributed by atoms with E-state index < -0.39 is 0 Å². The van der Waals surface area contributed by atoms with Crippen LogP contribution in [0.5, 0.6) is 23.0 Å². The highest BCUT2D eigenvalue weighted by Gasteiger charge is 2.17. The Hall–Kier alpha value is -2.89. The lowest BCUT2D eigenvalue weighted by Gasteiger charge is -2.19. The maximum atomic E-state index is 12.8. The van der Waals surface area contributed by atoms with E-state index in [2.05, 4.69) is 5.32 Å². The molecule has 0 aliphatic rings. The van der Waals surface area contributed by atoms with Crippen LogP contribution >= 0.6 is 0 Å². The van der Waals surface area contributed by atoms with Gasteiger partial charge in [0.05, 0.1) is 33.5 Å². The van der Waals surface area contributed by atoms with Gasteiger partial charge in [-0.3, -0.25) is 4.79 Å². The second kappa shape index (κ2) is 10.4. The van der Waals surface area contributed by atoms with Crippen molar-refractivity contribution in [1.82, 2.24) is 5.32 Å². The summed E-state index contributed by atoms with van der Waals surface area (Å²) in [4.78, 5) is 12.8. The van der Waals surface area contributed by atoms with Gasteiger partial charge in [0.15, 0.2) is 11.5 Å². The molecule has 28 heavy (non-hydrogen) atoms. The van der Waals surface area contributed by atoms with Crippen LogP contribution in [-0.2, 0) is 0 Å². The van der Waals surface area contributed by atoms with Crippen LogP contribution in [0.2, 0.25) is 0 Å². The smallest absolute Gasteiger partial charge is 0.251 e. The van der Waals surface area contributed by atoms with Crippen LogP contribution in [0.3, 0.4) is 0 Å². The molecule has 2 aromatic carbocycles. The van der Waals surface area contributed by atoms with Gasteiger partial charge in [-0.25, -0.2) is 0 Å². The summed E-state index contributed by atoms with van der Waals surface area (Å²) in [7, 11) is 3.19. The minimum atomic E-state index is -0.250. The Bertz CT molecular complexity index is 790. The number of amides is 1. The molecular weight excluding hydrogens is 358 g/mol. The second-order valence-corrected chi connectivity index (χ2v) is 6.25. The van der Waals surface area contributed by atoms with Crippen molar-refractivity contribution in [1.29, 1.82) is 0 Å². The summed E-state index contributed by atoms with van der Waals surface area (Å²) in [5, 5.41) is 3.00. The minimum absolute atomic E-state index is 0.201. The predicted molar refractivity (Wildman–Crippen MR) is 109 cm³/mol. The average Bonchev–Trinajstić information content (AvgIpc) is 2.72. The first-order valence-corrected chi connectivity index (χ1v) is 9.46. The van der Waals surface area contributed by atoms with Crippen molar-refractivity contribution in [3.05, 3.63) is 47.5 Å². The first-order chi connectivity index (χ1) is 13.5.